The Morgan fingerprint density at radius 3 is 2.59 bits per heavy atom. The number of alkyl halides is 3. The molecular formula is C21H18F3NO4. The molecule has 4 rings (SSSR count). The van der Waals surface area contributed by atoms with Gasteiger partial charge >= 0.3 is 12.0 Å². The molecule has 3 aromatic rings. The Kier molecular flexibility index (Phi) is 4.74. The molecule has 0 radical (unpaired) electrons. The molecule has 1 aromatic heterocycles. The first kappa shape index (κ1) is 19.3. The fraction of sp³-hybridized carbons (Fsp3) is 0.286. The third kappa shape index (κ3) is 3.80. The summed E-state index contributed by atoms with van der Waals surface area (Å²) in [4.78, 5) is 14.8. The van der Waals surface area contributed by atoms with Gasteiger partial charge in [0.05, 0.1) is 11.1 Å². The van der Waals surface area contributed by atoms with Crippen molar-refractivity contribution in [1.29, 1.82) is 0 Å². The SMILES string of the molecule is CC(C)N1COc2ccc3cc(-c4ccccc4OC(F)(F)F)c(=O)oc3c2C1. The van der Waals surface area contributed by atoms with Gasteiger partial charge in [-0.1, -0.05) is 18.2 Å². The molecule has 5 nitrogen and oxygen atoms in total. The molecule has 0 aliphatic carbocycles. The molecule has 2 aromatic carbocycles. The van der Waals surface area contributed by atoms with Gasteiger partial charge in [0.2, 0.25) is 0 Å². The summed E-state index contributed by atoms with van der Waals surface area (Å²) < 4.78 is 53.6. The fourth-order valence-electron chi connectivity index (χ4n) is 3.33. The molecule has 0 N–H and O–H groups in total. The van der Waals surface area contributed by atoms with Gasteiger partial charge in [-0.25, -0.2) is 4.79 Å². The van der Waals surface area contributed by atoms with Crippen LogP contribution in [-0.4, -0.2) is 24.0 Å². The third-order valence-electron chi connectivity index (χ3n) is 4.84. The molecule has 0 saturated heterocycles. The van der Waals surface area contributed by atoms with E-state index in [-0.39, 0.29) is 17.2 Å². The maximum Gasteiger partial charge on any atom is 0.573 e. The molecule has 0 amide bonds. The zero-order valence-corrected chi connectivity index (χ0v) is 15.7. The second kappa shape index (κ2) is 7.11. The predicted octanol–water partition coefficient (Wildman–Crippen LogP) is 4.92. The number of rotatable bonds is 3. The minimum atomic E-state index is -4.87. The first-order valence-electron chi connectivity index (χ1n) is 9.04. The number of para-hydroxylation sites is 1. The highest BCUT2D eigenvalue weighted by Gasteiger charge is 2.32. The van der Waals surface area contributed by atoms with Crippen LogP contribution in [0.5, 0.6) is 11.5 Å². The summed E-state index contributed by atoms with van der Waals surface area (Å²) in [6, 6.07) is 10.7. The van der Waals surface area contributed by atoms with Crippen molar-refractivity contribution in [2.24, 2.45) is 0 Å². The number of halogens is 3. The maximum atomic E-state index is 12.7. The highest BCUT2D eigenvalue weighted by atomic mass is 19.4. The quantitative estimate of drug-likeness (QED) is 0.579. The average Bonchev–Trinajstić information content (AvgIpc) is 2.66. The summed E-state index contributed by atoms with van der Waals surface area (Å²) in [5, 5.41) is 0.592. The molecule has 0 atom stereocenters. The van der Waals surface area contributed by atoms with Crippen molar-refractivity contribution >= 4 is 11.0 Å². The van der Waals surface area contributed by atoms with E-state index in [4.69, 9.17) is 9.15 Å². The van der Waals surface area contributed by atoms with Crippen LogP contribution in [0.15, 0.2) is 51.7 Å². The lowest BCUT2D eigenvalue weighted by Gasteiger charge is -2.32. The standard InChI is InChI=1S/C21H18F3NO4/c1-12(2)25-10-16-17(27-11-25)8-7-13-9-15(20(26)28-19(13)16)14-5-3-4-6-18(14)29-21(22,23)24/h3-9,12H,10-11H2,1-2H3. The number of hydrogen-bond acceptors (Lipinski definition) is 5. The molecule has 0 fully saturated rings. The van der Waals surface area contributed by atoms with Crippen LogP contribution in [-0.2, 0) is 6.54 Å². The van der Waals surface area contributed by atoms with E-state index in [0.717, 1.165) is 11.6 Å². The second-order valence-electron chi connectivity index (χ2n) is 7.07. The first-order chi connectivity index (χ1) is 13.7. The lowest BCUT2D eigenvalue weighted by Crippen LogP contribution is -2.37. The molecule has 29 heavy (non-hydrogen) atoms. The topological polar surface area (TPSA) is 51.9 Å². The van der Waals surface area contributed by atoms with Crippen molar-refractivity contribution in [1.82, 2.24) is 4.90 Å². The number of nitrogens with zero attached hydrogens (tertiary/aromatic N) is 1. The molecule has 152 valence electrons. The van der Waals surface area contributed by atoms with E-state index >= 15 is 0 Å². The molecule has 8 heteroatoms. The highest BCUT2D eigenvalue weighted by molar-refractivity contribution is 5.86. The van der Waals surface area contributed by atoms with E-state index < -0.39 is 17.7 Å². The molecule has 0 saturated carbocycles. The number of benzene rings is 2. The Bertz CT molecular complexity index is 1120. The molecule has 2 heterocycles. The summed E-state index contributed by atoms with van der Waals surface area (Å²) in [7, 11) is 0. The normalized spacial score (nSPS) is 14.7. The van der Waals surface area contributed by atoms with Crippen molar-refractivity contribution < 1.29 is 27.1 Å². The van der Waals surface area contributed by atoms with E-state index in [1.807, 2.05) is 13.8 Å². The lowest BCUT2D eigenvalue weighted by molar-refractivity contribution is -0.274. The van der Waals surface area contributed by atoms with Crippen LogP contribution in [0, 0.1) is 0 Å². The number of hydrogen-bond donors (Lipinski definition) is 0. The Hall–Kier alpha value is -3.00. The first-order valence-corrected chi connectivity index (χ1v) is 9.04. The molecule has 0 bridgehead atoms. The van der Waals surface area contributed by atoms with Gasteiger partial charge < -0.3 is 13.9 Å². The summed E-state index contributed by atoms with van der Waals surface area (Å²) in [6.07, 6.45) is -4.87. The highest BCUT2D eigenvalue weighted by Crippen LogP contribution is 2.36. The zero-order valence-electron chi connectivity index (χ0n) is 15.7. The van der Waals surface area contributed by atoms with E-state index in [9.17, 15) is 18.0 Å². The third-order valence-corrected chi connectivity index (χ3v) is 4.84. The molecular weight excluding hydrogens is 387 g/mol. The largest absolute Gasteiger partial charge is 0.573 e. The molecule has 1 aliphatic heterocycles. The van der Waals surface area contributed by atoms with Crippen LogP contribution in [0.25, 0.3) is 22.1 Å². The summed E-state index contributed by atoms with van der Waals surface area (Å²) in [5.41, 5.74) is 0.375. The van der Waals surface area contributed by atoms with Crippen molar-refractivity contribution in [3.05, 3.63) is 58.4 Å². The molecule has 0 unspecified atom stereocenters. The smallest absolute Gasteiger partial charge is 0.478 e. The Morgan fingerprint density at radius 2 is 1.86 bits per heavy atom. The van der Waals surface area contributed by atoms with Crippen LogP contribution in [0.4, 0.5) is 13.2 Å². The second-order valence-corrected chi connectivity index (χ2v) is 7.07. The van der Waals surface area contributed by atoms with Gasteiger partial charge in [-0.15, -0.1) is 13.2 Å². The van der Waals surface area contributed by atoms with Crippen LogP contribution in [0.2, 0.25) is 0 Å². The monoisotopic (exact) mass is 405 g/mol. The average molecular weight is 405 g/mol. The van der Waals surface area contributed by atoms with Crippen LogP contribution in [0.1, 0.15) is 19.4 Å². The predicted molar refractivity (Wildman–Crippen MR) is 101 cm³/mol. The van der Waals surface area contributed by atoms with Gasteiger partial charge in [-0.3, -0.25) is 4.90 Å². The van der Waals surface area contributed by atoms with E-state index in [0.29, 0.717) is 30.0 Å². The maximum absolute atomic E-state index is 12.7. The van der Waals surface area contributed by atoms with Gasteiger partial charge in [-0.05, 0) is 38.1 Å². The summed E-state index contributed by atoms with van der Waals surface area (Å²) >= 11 is 0. The van der Waals surface area contributed by atoms with Crippen LogP contribution >= 0.6 is 0 Å². The Labute approximate surface area is 164 Å². The molecule has 0 spiro atoms. The van der Waals surface area contributed by atoms with Crippen molar-refractivity contribution in [3.63, 3.8) is 0 Å². The lowest BCUT2D eigenvalue weighted by atomic mass is 10.0. The Morgan fingerprint density at radius 1 is 1.10 bits per heavy atom. The number of fused-ring (bicyclic) bond motifs is 3. The minimum absolute atomic E-state index is 0.00487. The van der Waals surface area contributed by atoms with E-state index in [1.165, 1.54) is 24.3 Å². The van der Waals surface area contributed by atoms with Crippen molar-refractivity contribution in [2.75, 3.05) is 6.73 Å². The van der Waals surface area contributed by atoms with Gasteiger partial charge in [0.1, 0.15) is 23.8 Å². The van der Waals surface area contributed by atoms with Gasteiger partial charge in [-0.2, -0.15) is 0 Å². The van der Waals surface area contributed by atoms with E-state index in [1.54, 1.807) is 12.1 Å². The molecule has 1 aliphatic rings. The fourth-order valence-corrected chi connectivity index (χ4v) is 3.33. The minimum Gasteiger partial charge on any atom is -0.478 e. The zero-order chi connectivity index (χ0) is 20.8. The summed E-state index contributed by atoms with van der Waals surface area (Å²) in [6.45, 7) is 5.04. The van der Waals surface area contributed by atoms with Crippen LogP contribution in [0.3, 0.4) is 0 Å². The van der Waals surface area contributed by atoms with Gasteiger partial charge in [0.15, 0.2) is 0 Å². The van der Waals surface area contributed by atoms with Gasteiger partial charge in [0, 0.05) is 23.5 Å². The van der Waals surface area contributed by atoms with Gasteiger partial charge in [0.25, 0.3) is 0 Å². The Balaban J connectivity index is 1.84. The van der Waals surface area contributed by atoms with Crippen molar-refractivity contribution in [2.45, 2.75) is 32.8 Å². The number of ether oxygens (including phenoxy) is 2. The van der Waals surface area contributed by atoms with E-state index in [2.05, 4.69) is 9.64 Å². The van der Waals surface area contributed by atoms with Crippen molar-refractivity contribution in [3.8, 4) is 22.6 Å². The summed E-state index contributed by atoms with van der Waals surface area (Å²) in [5.74, 6) is 0.171. The van der Waals surface area contributed by atoms with Crippen LogP contribution < -0.4 is 15.1 Å².